The molecule has 110 valence electrons. The number of anilines is 1. The predicted octanol–water partition coefficient (Wildman–Crippen LogP) is 1.90. The molecular formula is C14H21N3O3. The number of nitrogens with zero attached hydrogens (tertiary/aromatic N) is 3. The third kappa shape index (κ3) is 3.37. The van der Waals surface area contributed by atoms with Crippen LogP contribution < -0.4 is 4.90 Å². The number of carboxylic acids is 1. The molecule has 0 aromatic carbocycles. The maximum atomic E-state index is 11.8. The maximum Gasteiger partial charge on any atom is 0.308 e. The highest BCUT2D eigenvalue weighted by Gasteiger charge is 2.35. The number of amides is 1. The molecular weight excluding hydrogens is 258 g/mol. The fraction of sp³-hybridized carbons (Fsp3) is 0.643. The Bertz CT molecular complexity index is 484. The zero-order chi connectivity index (χ0) is 14.5. The Kier molecular flexibility index (Phi) is 4.76. The molecule has 1 aliphatic heterocycles. The predicted molar refractivity (Wildman–Crippen MR) is 74.5 cm³/mol. The lowest BCUT2D eigenvalue weighted by atomic mass is 10.1. The van der Waals surface area contributed by atoms with Gasteiger partial charge in [-0.25, -0.2) is 0 Å². The van der Waals surface area contributed by atoms with Crippen molar-refractivity contribution < 1.29 is 14.7 Å². The Balaban J connectivity index is 1.92. The van der Waals surface area contributed by atoms with E-state index in [4.69, 9.17) is 5.11 Å². The molecule has 1 saturated heterocycles. The highest BCUT2D eigenvalue weighted by atomic mass is 16.4. The number of carbonyl (C=O) groups is 2. The summed E-state index contributed by atoms with van der Waals surface area (Å²) in [5, 5.41) is 13.2. The Morgan fingerprint density at radius 2 is 2.25 bits per heavy atom. The fourth-order valence-electron chi connectivity index (χ4n) is 2.44. The molecule has 0 radical (unpaired) electrons. The van der Waals surface area contributed by atoms with Crippen molar-refractivity contribution in [1.82, 2.24) is 9.78 Å². The second kappa shape index (κ2) is 6.54. The van der Waals surface area contributed by atoms with Crippen LogP contribution in [0.3, 0.4) is 0 Å². The summed E-state index contributed by atoms with van der Waals surface area (Å²) in [6, 6.07) is 0. The van der Waals surface area contributed by atoms with Gasteiger partial charge in [-0.2, -0.15) is 5.10 Å². The molecule has 1 atom stereocenters. The molecule has 2 rings (SSSR count). The quantitative estimate of drug-likeness (QED) is 0.773. The fourth-order valence-corrected chi connectivity index (χ4v) is 2.44. The largest absolute Gasteiger partial charge is 0.481 e. The van der Waals surface area contributed by atoms with Crippen molar-refractivity contribution in [3.63, 3.8) is 0 Å². The molecule has 6 heteroatoms. The van der Waals surface area contributed by atoms with Crippen molar-refractivity contribution in [2.24, 2.45) is 5.92 Å². The van der Waals surface area contributed by atoms with Crippen LogP contribution in [0.1, 0.15) is 39.0 Å². The number of aryl methyl sites for hydroxylation is 1. The molecule has 0 aliphatic carbocycles. The summed E-state index contributed by atoms with van der Waals surface area (Å²) in [5.74, 6) is -1.65. The molecule has 1 fully saturated rings. The van der Waals surface area contributed by atoms with Crippen molar-refractivity contribution in [3.8, 4) is 0 Å². The number of aliphatic carboxylic acids is 1. The van der Waals surface area contributed by atoms with E-state index in [1.807, 2.05) is 10.9 Å². The Morgan fingerprint density at radius 1 is 1.45 bits per heavy atom. The molecule has 2 heterocycles. The van der Waals surface area contributed by atoms with Crippen molar-refractivity contribution in [1.29, 1.82) is 0 Å². The van der Waals surface area contributed by atoms with Gasteiger partial charge in [-0.1, -0.05) is 26.2 Å². The van der Waals surface area contributed by atoms with Crippen LogP contribution in [0.4, 0.5) is 5.69 Å². The van der Waals surface area contributed by atoms with E-state index in [0.717, 1.165) is 13.0 Å². The molecule has 0 bridgehead atoms. The molecule has 6 nitrogen and oxygen atoms in total. The standard InChI is InChI=1S/C14H21N3O3/c1-2-3-4-5-6-16-10-12(8-15-16)17-9-11(14(19)20)7-13(17)18/h8,10-11H,2-7,9H2,1H3,(H,19,20)/t11-/m1/s1. The summed E-state index contributed by atoms with van der Waals surface area (Å²) in [7, 11) is 0. The minimum absolute atomic E-state index is 0.0804. The van der Waals surface area contributed by atoms with E-state index in [-0.39, 0.29) is 18.9 Å². The number of hydrogen-bond acceptors (Lipinski definition) is 3. The van der Waals surface area contributed by atoms with Gasteiger partial charge in [0.05, 0.1) is 17.8 Å². The van der Waals surface area contributed by atoms with Gasteiger partial charge in [-0.05, 0) is 6.42 Å². The van der Waals surface area contributed by atoms with Gasteiger partial charge in [0.15, 0.2) is 0 Å². The molecule has 1 aromatic rings. The van der Waals surface area contributed by atoms with Crippen LogP contribution in [0.15, 0.2) is 12.4 Å². The van der Waals surface area contributed by atoms with Gasteiger partial charge in [-0.15, -0.1) is 0 Å². The van der Waals surface area contributed by atoms with E-state index < -0.39 is 11.9 Å². The molecule has 0 saturated carbocycles. The van der Waals surface area contributed by atoms with Crippen molar-refractivity contribution in [3.05, 3.63) is 12.4 Å². The van der Waals surface area contributed by atoms with E-state index in [1.165, 1.54) is 24.2 Å². The first kappa shape index (κ1) is 14.6. The second-order valence-corrected chi connectivity index (χ2v) is 5.27. The summed E-state index contributed by atoms with van der Waals surface area (Å²) < 4.78 is 1.83. The highest BCUT2D eigenvalue weighted by Crippen LogP contribution is 2.24. The van der Waals surface area contributed by atoms with Gasteiger partial charge < -0.3 is 10.0 Å². The summed E-state index contributed by atoms with van der Waals surface area (Å²) >= 11 is 0. The average molecular weight is 279 g/mol. The number of carboxylic acid groups (broad SMARTS) is 1. The number of carbonyl (C=O) groups excluding carboxylic acids is 1. The van der Waals surface area contributed by atoms with Crippen molar-refractivity contribution in [2.45, 2.75) is 45.6 Å². The Morgan fingerprint density at radius 3 is 2.90 bits per heavy atom. The third-order valence-corrected chi connectivity index (χ3v) is 3.65. The molecule has 1 amide bonds. The van der Waals surface area contributed by atoms with Crippen LogP contribution in [0.5, 0.6) is 0 Å². The lowest BCUT2D eigenvalue weighted by Crippen LogP contribution is -2.25. The van der Waals surface area contributed by atoms with Crippen LogP contribution in [-0.4, -0.2) is 33.3 Å². The first-order chi connectivity index (χ1) is 9.61. The van der Waals surface area contributed by atoms with E-state index in [1.54, 1.807) is 6.20 Å². The van der Waals surface area contributed by atoms with Gasteiger partial charge in [0.1, 0.15) is 0 Å². The molecule has 0 spiro atoms. The van der Waals surface area contributed by atoms with Crippen molar-refractivity contribution >= 4 is 17.6 Å². The monoisotopic (exact) mass is 279 g/mol. The first-order valence-corrected chi connectivity index (χ1v) is 7.17. The Hall–Kier alpha value is -1.85. The smallest absolute Gasteiger partial charge is 0.308 e. The van der Waals surface area contributed by atoms with E-state index in [0.29, 0.717) is 5.69 Å². The molecule has 0 unspecified atom stereocenters. The second-order valence-electron chi connectivity index (χ2n) is 5.27. The zero-order valence-corrected chi connectivity index (χ0v) is 11.8. The molecule has 1 aromatic heterocycles. The van der Waals surface area contributed by atoms with Crippen LogP contribution in [-0.2, 0) is 16.1 Å². The van der Waals surface area contributed by atoms with Gasteiger partial charge in [0.2, 0.25) is 5.91 Å². The number of hydrogen-bond donors (Lipinski definition) is 1. The molecule has 1 N–H and O–H groups in total. The number of unbranched alkanes of at least 4 members (excludes halogenated alkanes) is 3. The summed E-state index contributed by atoms with van der Waals surface area (Å²) in [4.78, 5) is 24.3. The highest BCUT2D eigenvalue weighted by molar-refractivity contribution is 5.98. The van der Waals surface area contributed by atoms with Gasteiger partial charge in [-0.3, -0.25) is 14.3 Å². The minimum atomic E-state index is -0.909. The number of aromatic nitrogens is 2. The van der Waals surface area contributed by atoms with E-state index in [2.05, 4.69) is 12.0 Å². The topological polar surface area (TPSA) is 75.4 Å². The van der Waals surface area contributed by atoms with Gasteiger partial charge >= 0.3 is 5.97 Å². The van der Waals surface area contributed by atoms with Crippen molar-refractivity contribution in [2.75, 3.05) is 11.4 Å². The Labute approximate surface area is 118 Å². The van der Waals surface area contributed by atoms with Crippen LogP contribution in [0, 0.1) is 5.92 Å². The SMILES string of the molecule is CCCCCCn1cc(N2C[C@H](C(=O)O)CC2=O)cn1. The van der Waals surface area contributed by atoms with Crippen LogP contribution >= 0.6 is 0 Å². The normalized spacial score (nSPS) is 18.8. The third-order valence-electron chi connectivity index (χ3n) is 3.65. The zero-order valence-electron chi connectivity index (χ0n) is 11.8. The lowest BCUT2D eigenvalue weighted by Gasteiger charge is -2.12. The summed E-state index contributed by atoms with van der Waals surface area (Å²) in [6.45, 7) is 3.25. The summed E-state index contributed by atoms with van der Waals surface area (Å²) in [5.41, 5.74) is 0.703. The lowest BCUT2D eigenvalue weighted by molar-refractivity contribution is -0.141. The van der Waals surface area contributed by atoms with Crippen LogP contribution in [0.25, 0.3) is 0 Å². The van der Waals surface area contributed by atoms with E-state index in [9.17, 15) is 9.59 Å². The maximum absolute atomic E-state index is 11.8. The minimum Gasteiger partial charge on any atom is -0.481 e. The number of rotatable bonds is 7. The van der Waals surface area contributed by atoms with Gasteiger partial charge in [0.25, 0.3) is 0 Å². The molecule has 1 aliphatic rings. The summed E-state index contributed by atoms with van der Waals surface area (Å²) in [6.07, 6.45) is 8.21. The van der Waals surface area contributed by atoms with E-state index >= 15 is 0 Å². The van der Waals surface area contributed by atoms with Gasteiger partial charge in [0, 0.05) is 25.7 Å². The first-order valence-electron chi connectivity index (χ1n) is 7.17. The van der Waals surface area contributed by atoms with Crippen LogP contribution in [0.2, 0.25) is 0 Å². The average Bonchev–Trinajstić information content (AvgIpc) is 3.01. The molecule has 20 heavy (non-hydrogen) atoms.